The van der Waals surface area contributed by atoms with Crippen LogP contribution in [0.25, 0.3) is 10.9 Å². The average molecular weight is 407 g/mol. The maximum atomic E-state index is 13.0. The number of anilines is 1. The lowest BCUT2D eigenvalue weighted by atomic mass is 10.1. The fourth-order valence-electron chi connectivity index (χ4n) is 3.67. The summed E-state index contributed by atoms with van der Waals surface area (Å²) in [6.07, 6.45) is 1.78. The number of nitrogens with one attached hydrogen (secondary N) is 1. The molecular formula is C23H25N3O4. The van der Waals surface area contributed by atoms with Crippen molar-refractivity contribution in [3.05, 3.63) is 60.3 Å². The molecule has 1 aliphatic rings. The summed E-state index contributed by atoms with van der Waals surface area (Å²) < 4.78 is 5.65. The summed E-state index contributed by atoms with van der Waals surface area (Å²) in [4.78, 5) is 31.5. The largest absolute Gasteiger partial charge is 0.478 e. The van der Waals surface area contributed by atoms with E-state index in [9.17, 15) is 14.7 Å². The van der Waals surface area contributed by atoms with Crippen molar-refractivity contribution in [2.45, 2.75) is 19.4 Å². The standard InChI is InChI=1S/C23H25N3O4/c1-23(2,22(28)29)30-17-7-5-6-16(14-17)25-10-12-26(13-11-25)21(27)19-15-24-20-9-4-3-8-18(19)20/h3-9,14-15,24H,10-13H2,1-2H3,(H,28,29). The van der Waals surface area contributed by atoms with Crippen molar-refractivity contribution in [3.8, 4) is 5.75 Å². The van der Waals surface area contributed by atoms with Gasteiger partial charge in [0.1, 0.15) is 5.75 Å². The minimum Gasteiger partial charge on any atom is -0.478 e. The van der Waals surface area contributed by atoms with E-state index in [1.54, 1.807) is 12.3 Å². The predicted octanol–water partition coefficient (Wildman–Crippen LogP) is 3.37. The van der Waals surface area contributed by atoms with Gasteiger partial charge in [-0.1, -0.05) is 24.3 Å². The summed E-state index contributed by atoms with van der Waals surface area (Å²) in [6.45, 7) is 5.67. The molecule has 1 saturated heterocycles. The zero-order chi connectivity index (χ0) is 21.3. The molecule has 1 aromatic heterocycles. The van der Waals surface area contributed by atoms with Crippen LogP contribution in [0.15, 0.2) is 54.7 Å². The molecule has 7 nitrogen and oxygen atoms in total. The van der Waals surface area contributed by atoms with Crippen LogP contribution < -0.4 is 9.64 Å². The highest BCUT2D eigenvalue weighted by molar-refractivity contribution is 6.06. The van der Waals surface area contributed by atoms with Crippen molar-refractivity contribution in [1.82, 2.24) is 9.88 Å². The Hall–Kier alpha value is -3.48. The first-order valence-corrected chi connectivity index (χ1v) is 9.98. The van der Waals surface area contributed by atoms with Gasteiger partial charge in [-0.2, -0.15) is 0 Å². The van der Waals surface area contributed by atoms with Gasteiger partial charge >= 0.3 is 5.97 Å². The maximum absolute atomic E-state index is 13.0. The lowest BCUT2D eigenvalue weighted by Crippen LogP contribution is -2.48. The molecule has 7 heteroatoms. The van der Waals surface area contributed by atoms with Crippen LogP contribution in [0.3, 0.4) is 0 Å². The van der Waals surface area contributed by atoms with Gasteiger partial charge in [0.2, 0.25) is 0 Å². The van der Waals surface area contributed by atoms with Crippen molar-refractivity contribution in [3.63, 3.8) is 0 Å². The fourth-order valence-corrected chi connectivity index (χ4v) is 3.67. The van der Waals surface area contributed by atoms with Crippen LogP contribution in [0, 0.1) is 0 Å². The highest BCUT2D eigenvalue weighted by Crippen LogP contribution is 2.26. The number of carboxylic acid groups (broad SMARTS) is 1. The number of ether oxygens (including phenoxy) is 1. The minimum absolute atomic E-state index is 0.0346. The number of piperazine rings is 1. The van der Waals surface area contributed by atoms with Crippen molar-refractivity contribution in [1.29, 1.82) is 0 Å². The smallest absolute Gasteiger partial charge is 0.347 e. The molecule has 4 rings (SSSR count). The van der Waals surface area contributed by atoms with Crippen LogP contribution in [0.2, 0.25) is 0 Å². The van der Waals surface area contributed by atoms with Gasteiger partial charge < -0.3 is 24.6 Å². The third-order valence-corrected chi connectivity index (χ3v) is 5.46. The number of rotatable bonds is 5. The highest BCUT2D eigenvalue weighted by atomic mass is 16.5. The number of amides is 1. The SMILES string of the molecule is CC(C)(Oc1cccc(N2CCN(C(=O)c3c[nH]c4ccccc34)CC2)c1)C(=O)O. The van der Waals surface area contributed by atoms with E-state index in [-0.39, 0.29) is 5.91 Å². The summed E-state index contributed by atoms with van der Waals surface area (Å²) in [5.41, 5.74) is 1.31. The Morgan fingerprint density at radius 2 is 1.77 bits per heavy atom. The number of fused-ring (bicyclic) bond motifs is 1. The number of nitrogens with zero attached hydrogens (tertiary/aromatic N) is 2. The molecule has 0 saturated carbocycles. The number of hydrogen-bond donors (Lipinski definition) is 2. The number of aliphatic carboxylic acids is 1. The summed E-state index contributed by atoms with van der Waals surface area (Å²) in [7, 11) is 0. The Labute approximate surface area is 174 Å². The Balaban J connectivity index is 1.43. The van der Waals surface area contributed by atoms with Gasteiger partial charge in [0.25, 0.3) is 5.91 Å². The molecule has 1 amide bonds. The highest BCUT2D eigenvalue weighted by Gasteiger charge is 2.30. The third kappa shape index (κ3) is 3.83. The molecule has 0 atom stereocenters. The van der Waals surface area contributed by atoms with Crippen LogP contribution in [0.5, 0.6) is 5.75 Å². The molecule has 0 bridgehead atoms. The van der Waals surface area contributed by atoms with Crippen molar-refractivity contribution in [2.24, 2.45) is 0 Å². The zero-order valence-electron chi connectivity index (χ0n) is 17.1. The molecule has 0 spiro atoms. The first-order valence-electron chi connectivity index (χ1n) is 9.98. The Kier molecular flexibility index (Phi) is 5.11. The van der Waals surface area contributed by atoms with Gasteiger partial charge in [0, 0.05) is 55.0 Å². The topological polar surface area (TPSA) is 85.9 Å². The molecule has 2 N–H and O–H groups in total. The quantitative estimate of drug-likeness (QED) is 0.677. The van der Waals surface area contributed by atoms with E-state index >= 15 is 0 Å². The van der Waals surface area contributed by atoms with E-state index < -0.39 is 11.6 Å². The predicted molar refractivity (Wildman–Crippen MR) is 115 cm³/mol. The molecular weight excluding hydrogens is 382 g/mol. The van der Waals surface area contributed by atoms with Gasteiger partial charge in [0.15, 0.2) is 5.60 Å². The molecule has 0 radical (unpaired) electrons. The van der Waals surface area contributed by atoms with E-state index in [1.165, 1.54) is 13.8 Å². The monoisotopic (exact) mass is 407 g/mol. The average Bonchev–Trinajstić information content (AvgIpc) is 3.17. The molecule has 2 aromatic carbocycles. The summed E-state index contributed by atoms with van der Waals surface area (Å²) in [5.74, 6) is -0.470. The van der Waals surface area contributed by atoms with Crippen LogP contribution in [0.1, 0.15) is 24.2 Å². The lowest BCUT2D eigenvalue weighted by Gasteiger charge is -2.36. The number of H-pyrrole nitrogens is 1. The lowest BCUT2D eigenvalue weighted by molar-refractivity contribution is -0.152. The minimum atomic E-state index is -1.30. The molecule has 0 aliphatic carbocycles. The van der Waals surface area contributed by atoms with Gasteiger partial charge in [0.05, 0.1) is 5.56 Å². The number of carboxylic acids is 1. The molecule has 1 fully saturated rings. The zero-order valence-corrected chi connectivity index (χ0v) is 17.1. The number of para-hydroxylation sites is 1. The normalized spacial score (nSPS) is 14.7. The molecule has 1 aliphatic heterocycles. The van der Waals surface area contributed by atoms with Gasteiger partial charge in [-0.05, 0) is 32.0 Å². The first-order chi connectivity index (χ1) is 14.3. The van der Waals surface area contributed by atoms with Crippen molar-refractivity contribution < 1.29 is 19.4 Å². The van der Waals surface area contributed by atoms with E-state index in [1.807, 2.05) is 47.4 Å². The van der Waals surface area contributed by atoms with Crippen LogP contribution in [-0.2, 0) is 4.79 Å². The van der Waals surface area contributed by atoms with Crippen LogP contribution >= 0.6 is 0 Å². The molecule has 156 valence electrons. The summed E-state index contributed by atoms with van der Waals surface area (Å²) in [5, 5.41) is 10.2. The van der Waals surface area contributed by atoms with Gasteiger partial charge in [-0.15, -0.1) is 0 Å². The van der Waals surface area contributed by atoms with E-state index in [2.05, 4.69) is 9.88 Å². The van der Waals surface area contributed by atoms with Crippen molar-refractivity contribution >= 4 is 28.5 Å². The number of hydrogen-bond acceptors (Lipinski definition) is 4. The molecule has 2 heterocycles. The second-order valence-electron chi connectivity index (χ2n) is 7.94. The molecule has 30 heavy (non-hydrogen) atoms. The number of carbonyl (C=O) groups excluding carboxylic acids is 1. The molecule has 0 unspecified atom stereocenters. The number of aromatic nitrogens is 1. The Morgan fingerprint density at radius 3 is 2.50 bits per heavy atom. The fraction of sp³-hybridized carbons (Fsp3) is 0.304. The van der Waals surface area contributed by atoms with Crippen molar-refractivity contribution in [2.75, 3.05) is 31.1 Å². The second-order valence-corrected chi connectivity index (χ2v) is 7.94. The molecule has 3 aromatic rings. The van der Waals surface area contributed by atoms with E-state index in [0.29, 0.717) is 37.5 Å². The maximum Gasteiger partial charge on any atom is 0.347 e. The summed E-state index contributed by atoms with van der Waals surface area (Å²) >= 11 is 0. The van der Waals surface area contributed by atoms with Crippen LogP contribution in [-0.4, -0.2) is 58.6 Å². The number of benzene rings is 2. The second kappa shape index (κ2) is 7.74. The number of aromatic amines is 1. The Bertz CT molecular complexity index is 1080. The van der Waals surface area contributed by atoms with Gasteiger partial charge in [-0.25, -0.2) is 4.79 Å². The van der Waals surface area contributed by atoms with E-state index in [0.717, 1.165) is 16.6 Å². The van der Waals surface area contributed by atoms with Crippen LogP contribution in [0.4, 0.5) is 5.69 Å². The summed E-state index contributed by atoms with van der Waals surface area (Å²) in [6, 6.07) is 15.2. The first kappa shape index (κ1) is 19.8. The van der Waals surface area contributed by atoms with Gasteiger partial charge in [-0.3, -0.25) is 4.79 Å². The third-order valence-electron chi connectivity index (χ3n) is 5.46. The number of carbonyl (C=O) groups is 2. The van der Waals surface area contributed by atoms with E-state index in [4.69, 9.17) is 4.74 Å². The Morgan fingerprint density at radius 1 is 1.03 bits per heavy atom.